The number of hydrogen-bond acceptors (Lipinski definition) is 4. The fourth-order valence-corrected chi connectivity index (χ4v) is 2.64. The van der Waals surface area contributed by atoms with Gasteiger partial charge in [0.15, 0.2) is 5.65 Å². The van der Waals surface area contributed by atoms with Gasteiger partial charge in [0.1, 0.15) is 0 Å². The first-order chi connectivity index (χ1) is 8.83. The Morgan fingerprint density at radius 2 is 2.28 bits per heavy atom. The lowest BCUT2D eigenvalue weighted by Crippen LogP contribution is -2.18. The molecule has 2 aromatic heterocycles. The summed E-state index contributed by atoms with van der Waals surface area (Å²) in [6, 6.07) is 0. The number of nitrogens with zero attached hydrogens (tertiary/aromatic N) is 3. The molecule has 6 nitrogen and oxygen atoms in total. The Kier molecular flexibility index (Phi) is 2.00. The van der Waals surface area contributed by atoms with E-state index in [1.807, 2.05) is 0 Å². The number of fused-ring (bicyclic) bond motifs is 3. The van der Waals surface area contributed by atoms with Crippen molar-refractivity contribution < 1.29 is 0 Å². The van der Waals surface area contributed by atoms with Gasteiger partial charge in [-0.3, -0.25) is 0 Å². The molecule has 4 rings (SSSR count). The molecule has 2 N–H and O–H groups in total. The summed E-state index contributed by atoms with van der Waals surface area (Å²) >= 11 is 0. The third-order valence-electron chi connectivity index (χ3n) is 3.83. The molecule has 0 aromatic carbocycles. The largest absolute Gasteiger partial charge is 0.355 e. The van der Waals surface area contributed by atoms with E-state index in [-0.39, 0.29) is 5.69 Å². The first-order valence-corrected chi connectivity index (χ1v) is 6.55. The van der Waals surface area contributed by atoms with Crippen molar-refractivity contribution in [3.05, 3.63) is 21.7 Å². The van der Waals surface area contributed by atoms with Gasteiger partial charge in [-0.25, -0.2) is 19.3 Å². The van der Waals surface area contributed by atoms with Crippen LogP contribution in [0.1, 0.15) is 30.5 Å². The minimum absolute atomic E-state index is 0.203. The Hall–Kier alpha value is -1.85. The lowest BCUT2D eigenvalue weighted by molar-refractivity contribution is 0.853. The van der Waals surface area contributed by atoms with Gasteiger partial charge in [-0.05, 0) is 38.0 Å². The van der Waals surface area contributed by atoms with Gasteiger partial charge in [0.05, 0.1) is 5.69 Å². The van der Waals surface area contributed by atoms with Gasteiger partial charge in [-0.2, -0.15) is 5.10 Å². The summed E-state index contributed by atoms with van der Waals surface area (Å²) in [7, 11) is 0. The normalized spacial score (nSPS) is 18.2. The number of H-pyrrole nitrogens is 1. The molecular formula is C12H15N5O. The quantitative estimate of drug-likeness (QED) is 0.836. The summed E-state index contributed by atoms with van der Waals surface area (Å²) in [4.78, 5) is 16.4. The highest BCUT2D eigenvalue weighted by Gasteiger charge is 2.24. The van der Waals surface area contributed by atoms with E-state index in [9.17, 15) is 4.79 Å². The zero-order valence-corrected chi connectivity index (χ0v) is 10.1. The van der Waals surface area contributed by atoms with E-state index in [1.54, 1.807) is 4.40 Å². The maximum absolute atomic E-state index is 11.8. The summed E-state index contributed by atoms with van der Waals surface area (Å²) in [5, 5.41) is 9.96. The van der Waals surface area contributed by atoms with Gasteiger partial charge in [0.2, 0.25) is 5.95 Å². The standard InChI is InChI=1S/C12H15N5O/c18-12-16-15-10-8-2-1-3-9(8)14-11(17(10)12)13-6-7-4-5-7/h7H,1-6H2,(H,13,14)(H,16,18). The van der Waals surface area contributed by atoms with Gasteiger partial charge in [0.25, 0.3) is 0 Å². The van der Waals surface area contributed by atoms with Crippen LogP contribution in [0.5, 0.6) is 0 Å². The van der Waals surface area contributed by atoms with Crippen molar-refractivity contribution in [1.29, 1.82) is 0 Å². The van der Waals surface area contributed by atoms with Crippen LogP contribution in [0.4, 0.5) is 5.95 Å². The lowest BCUT2D eigenvalue weighted by atomic mass is 10.2. The molecule has 0 bridgehead atoms. The van der Waals surface area contributed by atoms with Crippen molar-refractivity contribution in [2.75, 3.05) is 11.9 Å². The van der Waals surface area contributed by atoms with Crippen molar-refractivity contribution in [2.45, 2.75) is 32.1 Å². The SMILES string of the molecule is O=c1[nH]nc2c3c(nc(NCC4CC4)n12)CCC3. The Balaban J connectivity index is 1.86. The molecule has 0 aliphatic heterocycles. The third-order valence-corrected chi connectivity index (χ3v) is 3.83. The number of nitrogens with one attached hydrogen (secondary N) is 2. The molecule has 0 unspecified atom stereocenters. The highest BCUT2D eigenvalue weighted by Crippen LogP contribution is 2.29. The Morgan fingerprint density at radius 1 is 1.39 bits per heavy atom. The van der Waals surface area contributed by atoms with Crippen LogP contribution < -0.4 is 11.0 Å². The van der Waals surface area contributed by atoms with E-state index in [1.165, 1.54) is 12.8 Å². The van der Waals surface area contributed by atoms with Crippen molar-refractivity contribution in [3.63, 3.8) is 0 Å². The van der Waals surface area contributed by atoms with E-state index in [4.69, 9.17) is 0 Å². The van der Waals surface area contributed by atoms with Crippen LogP contribution in [0.3, 0.4) is 0 Å². The van der Waals surface area contributed by atoms with Crippen molar-refractivity contribution in [2.24, 2.45) is 5.92 Å². The minimum atomic E-state index is -0.203. The maximum Gasteiger partial charge on any atom is 0.350 e. The van der Waals surface area contributed by atoms with Gasteiger partial charge >= 0.3 is 5.69 Å². The molecule has 1 fully saturated rings. The molecular weight excluding hydrogens is 230 g/mol. The fourth-order valence-electron chi connectivity index (χ4n) is 2.64. The van der Waals surface area contributed by atoms with E-state index >= 15 is 0 Å². The molecule has 0 radical (unpaired) electrons. The predicted octanol–water partition coefficient (Wildman–Crippen LogP) is 0.728. The van der Waals surface area contributed by atoms with E-state index in [0.29, 0.717) is 5.95 Å². The second kappa shape index (κ2) is 3.57. The van der Waals surface area contributed by atoms with Crippen LogP contribution in [0.25, 0.3) is 5.65 Å². The molecule has 6 heteroatoms. The molecule has 18 heavy (non-hydrogen) atoms. The molecule has 0 spiro atoms. The van der Waals surface area contributed by atoms with Crippen LogP contribution in [-0.2, 0) is 12.8 Å². The number of aromatic amines is 1. The van der Waals surface area contributed by atoms with Gasteiger partial charge < -0.3 is 5.32 Å². The second-order valence-electron chi connectivity index (χ2n) is 5.23. The topological polar surface area (TPSA) is 75.1 Å². The monoisotopic (exact) mass is 245 g/mol. The Labute approximate surface area is 103 Å². The van der Waals surface area contributed by atoms with Crippen LogP contribution >= 0.6 is 0 Å². The third kappa shape index (κ3) is 1.45. The molecule has 0 saturated heterocycles. The lowest BCUT2D eigenvalue weighted by Gasteiger charge is -2.09. The van der Waals surface area contributed by atoms with Crippen molar-refractivity contribution in [3.8, 4) is 0 Å². The summed E-state index contributed by atoms with van der Waals surface area (Å²) < 4.78 is 1.58. The molecule has 2 aliphatic rings. The first kappa shape index (κ1) is 10.1. The van der Waals surface area contributed by atoms with E-state index in [2.05, 4.69) is 20.5 Å². The van der Waals surface area contributed by atoms with Crippen molar-refractivity contribution >= 4 is 11.6 Å². The number of hydrogen-bond donors (Lipinski definition) is 2. The van der Waals surface area contributed by atoms with Gasteiger partial charge in [-0.1, -0.05) is 0 Å². The molecule has 2 heterocycles. The maximum atomic E-state index is 11.8. The zero-order chi connectivity index (χ0) is 12.1. The van der Waals surface area contributed by atoms with E-state index < -0.39 is 0 Å². The number of rotatable bonds is 3. The second-order valence-corrected chi connectivity index (χ2v) is 5.23. The highest BCUT2D eigenvalue weighted by atomic mass is 16.1. The highest BCUT2D eigenvalue weighted by molar-refractivity contribution is 5.55. The van der Waals surface area contributed by atoms with Gasteiger partial charge in [0, 0.05) is 12.1 Å². The molecule has 0 atom stereocenters. The molecule has 94 valence electrons. The average molecular weight is 245 g/mol. The Morgan fingerprint density at radius 3 is 3.11 bits per heavy atom. The molecule has 1 saturated carbocycles. The summed E-state index contributed by atoms with van der Waals surface area (Å²) in [5.41, 5.74) is 2.77. The van der Waals surface area contributed by atoms with E-state index in [0.717, 1.165) is 48.6 Å². The van der Waals surface area contributed by atoms with Crippen LogP contribution in [-0.4, -0.2) is 26.1 Å². The fraction of sp³-hybridized carbons (Fsp3) is 0.583. The Bertz CT molecular complexity index is 667. The van der Waals surface area contributed by atoms with Crippen molar-refractivity contribution in [1.82, 2.24) is 19.6 Å². The minimum Gasteiger partial charge on any atom is -0.355 e. The predicted molar refractivity (Wildman–Crippen MR) is 66.8 cm³/mol. The molecule has 2 aliphatic carbocycles. The first-order valence-electron chi connectivity index (χ1n) is 6.55. The van der Waals surface area contributed by atoms with Crippen LogP contribution in [0.2, 0.25) is 0 Å². The smallest absolute Gasteiger partial charge is 0.350 e. The number of anilines is 1. The zero-order valence-electron chi connectivity index (χ0n) is 10.1. The summed E-state index contributed by atoms with van der Waals surface area (Å²) in [6.45, 7) is 0.901. The van der Waals surface area contributed by atoms with Crippen LogP contribution in [0.15, 0.2) is 4.79 Å². The van der Waals surface area contributed by atoms with Crippen LogP contribution in [0, 0.1) is 5.92 Å². The van der Waals surface area contributed by atoms with Gasteiger partial charge in [-0.15, -0.1) is 0 Å². The average Bonchev–Trinajstić information content (AvgIpc) is 2.94. The summed E-state index contributed by atoms with van der Waals surface area (Å²) in [6.07, 6.45) is 5.62. The molecule has 0 amide bonds. The number of aromatic nitrogens is 4. The summed E-state index contributed by atoms with van der Waals surface area (Å²) in [5.74, 6) is 1.40. The number of aryl methyl sites for hydroxylation is 2. The molecule has 2 aromatic rings.